The second kappa shape index (κ2) is 8.15. The zero-order valence-electron chi connectivity index (χ0n) is 14.5. The van der Waals surface area contributed by atoms with Gasteiger partial charge in [0.15, 0.2) is 0 Å². The van der Waals surface area contributed by atoms with Crippen LogP contribution < -0.4 is 10.9 Å². The number of amides is 1. The third-order valence-electron chi connectivity index (χ3n) is 4.09. The second-order valence-electron chi connectivity index (χ2n) is 6.33. The third-order valence-corrected chi connectivity index (χ3v) is 4.32. The number of carbonyl (C=O) groups excluding carboxylic acids is 1. The van der Waals surface area contributed by atoms with Crippen molar-refractivity contribution in [2.24, 2.45) is 0 Å². The molecule has 3 rings (SSSR count). The van der Waals surface area contributed by atoms with Gasteiger partial charge in [-0.1, -0.05) is 35.9 Å². The number of benzene rings is 2. The SMILES string of the molecule is C[C@@H](Cc1cccc(Cl)c1)NC(=O)CCc1nc2ccccc2c(=O)[nH]1. The lowest BCUT2D eigenvalue weighted by Crippen LogP contribution is -2.34. The predicted octanol–water partition coefficient (Wildman–Crippen LogP) is 3.26. The van der Waals surface area contributed by atoms with E-state index in [9.17, 15) is 9.59 Å². The van der Waals surface area contributed by atoms with Crippen LogP contribution >= 0.6 is 11.6 Å². The zero-order valence-corrected chi connectivity index (χ0v) is 15.2. The van der Waals surface area contributed by atoms with Crippen LogP contribution in [-0.4, -0.2) is 21.9 Å². The summed E-state index contributed by atoms with van der Waals surface area (Å²) in [6.07, 6.45) is 1.36. The maximum atomic E-state index is 12.2. The quantitative estimate of drug-likeness (QED) is 0.700. The van der Waals surface area contributed by atoms with Gasteiger partial charge in [0.1, 0.15) is 5.82 Å². The van der Waals surface area contributed by atoms with Crippen LogP contribution in [0, 0.1) is 0 Å². The van der Waals surface area contributed by atoms with Gasteiger partial charge in [-0.2, -0.15) is 0 Å². The van der Waals surface area contributed by atoms with Gasteiger partial charge in [0.2, 0.25) is 5.91 Å². The molecule has 2 aromatic carbocycles. The van der Waals surface area contributed by atoms with Crippen molar-refractivity contribution < 1.29 is 4.79 Å². The van der Waals surface area contributed by atoms with Gasteiger partial charge in [-0.05, 0) is 43.2 Å². The number of fused-ring (bicyclic) bond motifs is 1. The Morgan fingerprint density at radius 1 is 1.23 bits per heavy atom. The van der Waals surface area contributed by atoms with Gasteiger partial charge < -0.3 is 10.3 Å². The summed E-state index contributed by atoms with van der Waals surface area (Å²) in [6, 6.07) is 14.8. The first-order valence-corrected chi connectivity index (χ1v) is 8.91. The van der Waals surface area contributed by atoms with E-state index >= 15 is 0 Å². The highest BCUT2D eigenvalue weighted by molar-refractivity contribution is 6.30. The molecule has 0 aliphatic carbocycles. The molecule has 2 N–H and O–H groups in total. The van der Waals surface area contributed by atoms with E-state index in [-0.39, 0.29) is 23.9 Å². The minimum atomic E-state index is -0.180. The summed E-state index contributed by atoms with van der Waals surface area (Å²) in [5, 5.41) is 4.21. The Balaban J connectivity index is 1.56. The summed E-state index contributed by atoms with van der Waals surface area (Å²) in [7, 11) is 0. The molecule has 1 amide bonds. The Morgan fingerprint density at radius 3 is 2.85 bits per heavy atom. The number of nitrogens with one attached hydrogen (secondary N) is 2. The van der Waals surface area contributed by atoms with Crippen molar-refractivity contribution in [2.45, 2.75) is 32.2 Å². The van der Waals surface area contributed by atoms with Crippen LogP contribution in [0.15, 0.2) is 53.3 Å². The van der Waals surface area contributed by atoms with E-state index in [2.05, 4.69) is 15.3 Å². The summed E-state index contributed by atoms with van der Waals surface area (Å²) in [5.74, 6) is 0.446. The number of aromatic amines is 1. The Morgan fingerprint density at radius 2 is 2.04 bits per heavy atom. The molecule has 0 radical (unpaired) electrons. The van der Waals surface area contributed by atoms with Gasteiger partial charge >= 0.3 is 0 Å². The first kappa shape index (κ1) is 18.1. The van der Waals surface area contributed by atoms with E-state index < -0.39 is 0 Å². The van der Waals surface area contributed by atoms with Crippen LogP contribution in [0.5, 0.6) is 0 Å². The Kier molecular flexibility index (Phi) is 5.68. The highest BCUT2D eigenvalue weighted by Crippen LogP contribution is 2.12. The van der Waals surface area contributed by atoms with Crippen LogP contribution in [0.2, 0.25) is 5.02 Å². The van der Waals surface area contributed by atoms with E-state index in [1.165, 1.54) is 0 Å². The molecule has 5 nitrogen and oxygen atoms in total. The minimum absolute atomic E-state index is 0.00965. The summed E-state index contributed by atoms with van der Waals surface area (Å²) in [5.41, 5.74) is 1.53. The van der Waals surface area contributed by atoms with Crippen LogP contribution in [0.4, 0.5) is 0 Å². The fraction of sp³-hybridized carbons (Fsp3) is 0.250. The lowest BCUT2D eigenvalue weighted by Gasteiger charge is -2.14. The monoisotopic (exact) mass is 369 g/mol. The van der Waals surface area contributed by atoms with E-state index in [0.29, 0.717) is 34.6 Å². The van der Waals surface area contributed by atoms with Crippen molar-refractivity contribution in [1.29, 1.82) is 0 Å². The predicted molar refractivity (Wildman–Crippen MR) is 103 cm³/mol. The van der Waals surface area contributed by atoms with Crippen LogP contribution in [0.3, 0.4) is 0 Å². The van der Waals surface area contributed by atoms with Gasteiger partial charge in [0, 0.05) is 23.9 Å². The maximum Gasteiger partial charge on any atom is 0.258 e. The number of hydrogen-bond donors (Lipinski definition) is 2. The molecule has 1 atom stereocenters. The number of nitrogens with zero attached hydrogens (tertiary/aromatic N) is 1. The standard InChI is InChI=1S/C20H20ClN3O2/c1-13(11-14-5-4-6-15(21)12-14)22-19(25)10-9-18-23-17-8-3-2-7-16(17)20(26)24-18/h2-8,12-13H,9-11H2,1H3,(H,22,25)(H,23,24,26)/t13-/m0/s1. The summed E-state index contributed by atoms with van der Waals surface area (Å²) >= 11 is 5.98. The van der Waals surface area contributed by atoms with Gasteiger partial charge in [-0.3, -0.25) is 9.59 Å². The molecule has 0 saturated carbocycles. The number of hydrogen-bond acceptors (Lipinski definition) is 3. The summed E-state index contributed by atoms with van der Waals surface area (Å²) < 4.78 is 0. The van der Waals surface area contributed by atoms with E-state index in [1.54, 1.807) is 18.2 Å². The lowest BCUT2D eigenvalue weighted by molar-refractivity contribution is -0.121. The normalized spacial score (nSPS) is 12.1. The summed E-state index contributed by atoms with van der Waals surface area (Å²) in [6.45, 7) is 1.95. The third kappa shape index (κ3) is 4.70. The highest BCUT2D eigenvalue weighted by Gasteiger charge is 2.10. The number of para-hydroxylation sites is 1. The van der Waals surface area contributed by atoms with E-state index in [1.807, 2.05) is 37.3 Å². The summed E-state index contributed by atoms with van der Waals surface area (Å²) in [4.78, 5) is 31.4. The number of halogens is 1. The molecule has 3 aromatic rings. The van der Waals surface area contributed by atoms with Crippen molar-refractivity contribution in [1.82, 2.24) is 15.3 Å². The van der Waals surface area contributed by atoms with Gasteiger partial charge in [-0.25, -0.2) is 4.98 Å². The van der Waals surface area contributed by atoms with Crippen LogP contribution in [0.25, 0.3) is 10.9 Å². The van der Waals surface area contributed by atoms with E-state index in [4.69, 9.17) is 11.6 Å². The molecule has 134 valence electrons. The molecule has 0 bridgehead atoms. The smallest absolute Gasteiger partial charge is 0.258 e. The Bertz CT molecular complexity index is 984. The molecule has 1 heterocycles. The molecule has 26 heavy (non-hydrogen) atoms. The highest BCUT2D eigenvalue weighted by atomic mass is 35.5. The average Bonchev–Trinajstić information content (AvgIpc) is 2.60. The zero-order chi connectivity index (χ0) is 18.5. The second-order valence-corrected chi connectivity index (χ2v) is 6.77. The van der Waals surface area contributed by atoms with E-state index in [0.717, 1.165) is 5.56 Å². The molecule has 0 fully saturated rings. The molecular weight excluding hydrogens is 350 g/mol. The number of H-pyrrole nitrogens is 1. The van der Waals surface area contributed by atoms with Gasteiger partial charge in [0.25, 0.3) is 5.56 Å². The molecule has 0 aliphatic heterocycles. The number of carbonyl (C=O) groups is 1. The van der Waals surface area contributed by atoms with Crippen molar-refractivity contribution in [3.05, 3.63) is 75.3 Å². The Hall–Kier alpha value is -2.66. The van der Waals surface area contributed by atoms with Crippen molar-refractivity contribution >= 4 is 28.4 Å². The first-order chi connectivity index (χ1) is 12.5. The Labute approximate surface area is 156 Å². The first-order valence-electron chi connectivity index (χ1n) is 8.53. The molecule has 0 aliphatic rings. The van der Waals surface area contributed by atoms with Crippen molar-refractivity contribution in [2.75, 3.05) is 0 Å². The molecule has 0 saturated heterocycles. The minimum Gasteiger partial charge on any atom is -0.353 e. The van der Waals surface area contributed by atoms with Gasteiger partial charge in [-0.15, -0.1) is 0 Å². The number of aromatic nitrogens is 2. The fourth-order valence-corrected chi connectivity index (χ4v) is 3.11. The van der Waals surface area contributed by atoms with Crippen molar-refractivity contribution in [3.8, 4) is 0 Å². The van der Waals surface area contributed by atoms with Gasteiger partial charge in [0.05, 0.1) is 10.9 Å². The van der Waals surface area contributed by atoms with Crippen LogP contribution in [0.1, 0.15) is 24.7 Å². The molecule has 0 spiro atoms. The number of aryl methyl sites for hydroxylation is 1. The maximum absolute atomic E-state index is 12.2. The van der Waals surface area contributed by atoms with Crippen LogP contribution in [-0.2, 0) is 17.6 Å². The molecule has 6 heteroatoms. The molecule has 1 aromatic heterocycles. The lowest BCUT2D eigenvalue weighted by atomic mass is 10.1. The number of rotatable bonds is 6. The average molecular weight is 370 g/mol. The molecule has 0 unspecified atom stereocenters. The largest absolute Gasteiger partial charge is 0.353 e. The molecular formula is C20H20ClN3O2. The fourth-order valence-electron chi connectivity index (χ4n) is 2.90. The van der Waals surface area contributed by atoms with Crippen molar-refractivity contribution in [3.63, 3.8) is 0 Å². The topological polar surface area (TPSA) is 74.8 Å².